The number of aromatic nitrogens is 2. The predicted molar refractivity (Wildman–Crippen MR) is 66.4 cm³/mol. The van der Waals surface area contributed by atoms with Crippen molar-refractivity contribution in [3.8, 4) is 11.4 Å². The number of benzene rings is 1. The van der Waals surface area contributed by atoms with E-state index in [2.05, 4.69) is 25.0 Å². The molecule has 88 valence electrons. The minimum Gasteiger partial charge on any atom is -0.487 e. The summed E-state index contributed by atoms with van der Waals surface area (Å²) in [5.41, 5.74) is 7.75. The van der Waals surface area contributed by atoms with Crippen molar-refractivity contribution < 1.29 is 4.74 Å². The SMILES string of the molecule is CC1(C)Cc2cc(-n3ccc(N)n3)ccc2O1. The highest BCUT2D eigenvalue weighted by Gasteiger charge is 2.30. The van der Waals surface area contributed by atoms with Crippen LogP contribution in [0.25, 0.3) is 5.69 Å². The molecule has 0 unspecified atom stereocenters. The zero-order valence-electron chi connectivity index (χ0n) is 9.97. The molecule has 1 aromatic carbocycles. The van der Waals surface area contributed by atoms with Crippen molar-refractivity contribution in [2.75, 3.05) is 5.73 Å². The number of ether oxygens (including phenoxy) is 1. The van der Waals surface area contributed by atoms with E-state index >= 15 is 0 Å². The number of nitrogens with zero attached hydrogens (tertiary/aromatic N) is 2. The molecule has 1 aromatic heterocycles. The molecular weight excluding hydrogens is 214 g/mol. The highest BCUT2D eigenvalue weighted by molar-refractivity contribution is 5.47. The maximum atomic E-state index is 5.84. The van der Waals surface area contributed by atoms with E-state index in [1.165, 1.54) is 5.56 Å². The molecule has 0 radical (unpaired) electrons. The van der Waals surface area contributed by atoms with Crippen LogP contribution in [0.3, 0.4) is 0 Å². The van der Waals surface area contributed by atoms with E-state index in [1.807, 2.05) is 18.3 Å². The summed E-state index contributed by atoms with van der Waals surface area (Å²) >= 11 is 0. The molecule has 1 aliphatic rings. The van der Waals surface area contributed by atoms with Gasteiger partial charge >= 0.3 is 0 Å². The van der Waals surface area contributed by atoms with Gasteiger partial charge in [-0.3, -0.25) is 0 Å². The van der Waals surface area contributed by atoms with Gasteiger partial charge in [0.05, 0.1) is 5.69 Å². The van der Waals surface area contributed by atoms with Crippen molar-refractivity contribution in [3.05, 3.63) is 36.0 Å². The lowest BCUT2D eigenvalue weighted by atomic mass is 10.0. The van der Waals surface area contributed by atoms with E-state index in [-0.39, 0.29) is 5.60 Å². The normalized spacial score (nSPS) is 16.6. The molecule has 0 bridgehead atoms. The van der Waals surface area contributed by atoms with Crippen LogP contribution in [-0.4, -0.2) is 15.4 Å². The van der Waals surface area contributed by atoms with Gasteiger partial charge in [-0.15, -0.1) is 0 Å². The van der Waals surface area contributed by atoms with Gasteiger partial charge in [0.1, 0.15) is 17.2 Å². The number of nitrogens with two attached hydrogens (primary N) is 1. The average molecular weight is 229 g/mol. The lowest BCUT2D eigenvalue weighted by Crippen LogP contribution is -2.24. The predicted octanol–water partition coefficient (Wildman–Crippen LogP) is 2.17. The third-order valence-corrected chi connectivity index (χ3v) is 2.92. The van der Waals surface area contributed by atoms with E-state index in [0.29, 0.717) is 5.82 Å². The Kier molecular flexibility index (Phi) is 1.96. The fourth-order valence-corrected chi connectivity index (χ4v) is 2.22. The Balaban J connectivity index is 2.01. The molecule has 17 heavy (non-hydrogen) atoms. The maximum absolute atomic E-state index is 5.84. The Morgan fingerprint density at radius 1 is 1.35 bits per heavy atom. The molecule has 0 fully saturated rings. The van der Waals surface area contributed by atoms with E-state index in [0.717, 1.165) is 17.9 Å². The van der Waals surface area contributed by atoms with Gasteiger partial charge in [-0.05, 0) is 32.0 Å². The molecule has 3 rings (SSSR count). The Bertz CT molecular complexity index is 572. The highest BCUT2D eigenvalue weighted by Crippen LogP contribution is 2.35. The molecule has 0 spiro atoms. The van der Waals surface area contributed by atoms with Gasteiger partial charge in [0.15, 0.2) is 0 Å². The van der Waals surface area contributed by atoms with Crippen LogP contribution >= 0.6 is 0 Å². The number of hydrogen-bond acceptors (Lipinski definition) is 3. The van der Waals surface area contributed by atoms with Crippen molar-refractivity contribution in [1.82, 2.24) is 9.78 Å². The van der Waals surface area contributed by atoms with Gasteiger partial charge in [-0.1, -0.05) is 0 Å². The minimum atomic E-state index is -0.107. The molecule has 4 heteroatoms. The molecular formula is C13H15N3O. The molecule has 0 saturated heterocycles. The van der Waals surface area contributed by atoms with Crippen LogP contribution in [0.4, 0.5) is 5.82 Å². The lowest BCUT2D eigenvalue weighted by molar-refractivity contribution is 0.138. The summed E-state index contributed by atoms with van der Waals surface area (Å²) < 4.78 is 7.61. The summed E-state index contributed by atoms with van der Waals surface area (Å²) in [5.74, 6) is 1.50. The van der Waals surface area contributed by atoms with Crippen molar-refractivity contribution in [3.63, 3.8) is 0 Å². The first-order valence-electron chi connectivity index (χ1n) is 5.67. The number of hydrogen-bond donors (Lipinski definition) is 1. The Hall–Kier alpha value is -1.97. The van der Waals surface area contributed by atoms with Crippen molar-refractivity contribution in [1.29, 1.82) is 0 Å². The van der Waals surface area contributed by atoms with Crippen LogP contribution in [-0.2, 0) is 6.42 Å². The van der Waals surface area contributed by atoms with Gasteiger partial charge in [-0.25, -0.2) is 4.68 Å². The fourth-order valence-electron chi connectivity index (χ4n) is 2.22. The molecule has 0 saturated carbocycles. The highest BCUT2D eigenvalue weighted by atomic mass is 16.5. The molecule has 0 aliphatic carbocycles. The zero-order valence-corrected chi connectivity index (χ0v) is 9.97. The third-order valence-electron chi connectivity index (χ3n) is 2.92. The smallest absolute Gasteiger partial charge is 0.145 e. The van der Waals surface area contributed by atoms with E-state index < -0.39 is 0 Å². The summed E-state index contributed by atoms with van der Waals surface area (Å²) in [4.78, 5) is 0. The standard InChI is InChI=1S/C13H15N3O/c1-13(2)8-9-7-10(3-4-11(9)17-13)16-6-5-12(14)15-16/h3-7H,8H2,1-2H3,(H2,14,15). The van der Waals surface area contributed by atoms with Crippen LogP contribution in [0, 0.1) is 0 Å². The van der Waals surface area contributed by atoms with E-state index in [1.54, 1.807) is 10.7 Å². The molecule has 4 nitrogen and oxygen atoms in total. The Morgan fingerprint density at radius 2 is 2.18 bits per heavy atom. The Labute approximate surface area is 100 Å². The third kappa shape index (κ3) is 1.75. The van der Waals surface area contributed by atoms with Gasteiger partial charge < -0.3 is 10.5 Å². The second-order valence-electron chi connectivity index (χ2n) is 5.02. The van der Waals surface area contributed by atoms with Crippen molar-refractivity contribution in [2.24, 2.45) is 0 Å². The van der Waals surface area contributed by atoms with Gasteiger partial charge in [-0.2, -0.15) is 5.10 Å². The molecule has 2 N–H and O–H groups in total. The second-order valence-corrected chi connectivity index (χ2v) is 5.02. The molecule has 2 aromatic rings. The van der Waals surface area contributed by atoms with Crippen LogP contribution in [0.5, 0.6) is 5.75 Å². The zero-order chi connectivity index (χ0) is 12.0. The van der Waals surface area contributed by atoms with E-state index in [9.17, 15) is 0 Å². The summed E-state index contributed by atoms with van der Waals surface area (Å²) in [7, 11) is 0. The number of fused-ring (bicyclic) bond motifs is 1. The molecule has 2 heterocycles. The fraction of sp³-hybridized carbons (Fsp3) is 0.308. The first kappa shape index (κ1) is 10.2. The Morgan fingerprint density at radius 3 is 2.88 bits per heavy atom. The number of nitrogen functional groups attached to an aromatic ring is 1. The van der Waals surface area contributed by atoms with Gasteiger partial charge in [0.2, 0.25) is 0 Å². The topological polar surface area (TPSA) is 53.1 Å². The molecule has 0 amide bonds. The van der Waals surface area contributed by atoms with E-state index in [4.69, 9.17) is 10.5 Å². The molecule has 0 atom stereocenters. The maximum Gasteiger partial charge on any atom is 0.145 e. The largest absolute Gasteiger partial charge is 0.487 e. The first-order chi connectivity index (χ1) is 8.03. The number of rotatable bonds is 1. The average Bonchev–Trinajstić information content (AvgIpc) is 2.78. The van der Waals surface area contributed by atoms with Crippen LogP contribution in [0.15, 0.2) is 30.5 Å². The first-order valence-corrected chi connectivity index (χ1v) is 5.67. The lowest BCUT2D eigenvalue weighted by Gasteiger charge is -2.16. The van der Waals surface area contributed by atoms with Crippen molar-refractivity contribution in [2.45, 2.75) is 25.9 Å². The van der Waals surface area contributed by atoms with Crippen LogP contribution in [0.2, 0.25) is 0 Å². The summed E-state index contributed by atoms with van der Waals surface area (Å²) in [6.07, 6.45) is 2.78. The molecule has 1 aliphatic heterocycles. The summed E-state index contributed by atoms with van der Waals surface area (Å²) in [6, 6.07) is 7.88. The monoisotopic (exact) mass is 229 g/mol. The quantitative estimate of drug-likeness (QED) is 0.815. The minimum absolute atomic E-state index is 0.107. The van der Waals surface area contributed by atoms with Crippen molar-refractivity contribution >= 4 is 5.82 Å². The van der Waals surface area contributed by atoms with Crippen LogP contribution < -0.4 is 10.5 Å². The summed E-state index contributed by atoms with van der Waals surface area (Å²) in [6.45, 7) is 4.19. The summed E-state index contributed by atoms with van der Waals surface area (Å²) in [5, 5.41) is 4.20. The van der Waals surface area contributed by atoms with Gasteiger partial charge in [0.25, 0.3) is 0 Å². The van der Waals surface area contributed by atoms with Crippen LogP contribution in [0.1, 0.15) is 19.4 Å². The second kappa shape index (κ2) is 3.26. The van der Waals surface area contributed by atoms with Gasteiger partial charge in [0, 0.05) is 24.2 Å². The number of anilines is 1.